The van der Waals surface area contributed by atoms with Gasteiger partial charge in [0.2, 0.25) is 0 Å². The number of unbranched alkanes of at least 4 members (excludes halogenated alkanes) is 60. The average molecular weight is 1460 g/mol. The van der Waals surface area contributed by atoms with E-state index in [1.807, 2.05) is 0 Å². The van der Waals surface area contributed by atoms with Crippen molar-refractivity contribution in [3.05, 3.63) is 0 Å². The zero-order valence-electron chi connectivity index (χ0n) is 67.4. The van der Waals surface area contributed by atoms with E-state index >= 15 is 0 Å². The van der Waals surface area contributed by atoms with Gasteiger partial charge in [0.1, 0.15) is 0 Å². The molecule has 0 spiro atoms. The van der Waals surface area contributed by atoms with Gasteiger partial charge in [-0.2, -0.15) is 0 Å². The van der Waals surface area contributed by atoms with Gasteiger partial charge in [-0.05, 0) is 51.4 Å². The first-order valence-electron chi connectivity index (χ1n) is 43.2. The molecular formula is C84H180O10P2Ti. The van der Waals surface area contributed by atoms with Gasteiger partial charge in [0, 0.05) is 26.4 Å². The normalized spacial score (nSPS) is 10.9. The Bertz CT molecular complexity index is 979. The van der Waals surface area contributed by atoms with Crippen LogP contribution in [0.4, 0.5) is 0 Å². The molecular weight excluding hydrogens is 1280 g/mol. The van der Waals surface area contributed by atoms with Crippen LogP contribution in [0.15, 0.2) is 0 Å². The fourth-order valence-corrected chi connectivity index (χ4v) is 12.5. The second-order valence-corrected chi connectivity index (χ2v) is 29.8. The molecule has 0 fully saturated rings. The van der Waals surface area contributed by atoms with Crippen molar-refractivity contribution in [1.29, 1.82) is 0 Å². The topological polar surface area (TPSA) is 164 Å². The fourth-order valence-electron chi connectivity index (χ4n) is 11.3. The Morgan fingerprint density at radius 3 is 0.361 bits per heavy atom. The third kappa shape index (κ3) is 134. The predicted molar refractivity (Wildman–Crippen MR) is 425 cm³/mol. The Morgan fingerprint density at radius 1 is 0.165 bits per heavy atom. The van der Waals surface area contributed by atoms with E-state index in [4.69, 9.17) is 38.5 Å². The van der Waals surface area contributed by atoms with Gasteiger partial charge in [0.05, 0.1) is 43.6 Å². The third-order valence-electron chi connectivity index (χ3n) is 17.8. The summed E-state index contributed by atoms with van der Waals surface area (Å²) < 4.78 is 21.2. The summed E-state index contributed by atoms with van der Waals surface area (Å²) in [6, 6.07) is 0. The van der Waals surface area contributed by atoms with E-state index in [0.29, 0.717) is 52.9 Å². The molecule has 0 aliphatic carbocycles. The Kier molecular flexibility index (Phi) is 136. The molecule has 0 aromatic heterocycles. The van der Waals surface area contributed by atoms with Gasteiger partial charge >= 0.3 is 21.7 Å². The molecule has 0 saturated carbocycles. The zero-order chi connectivity index (χ0) is 71.7. The summed E-state index contributed by atoms with van der Waals surface area (Å²) in [5.74, 6) is 0. The summed E-state index contributed by atoms with van der Waals surface area (Å²) in [5, 5.41) is 33.7. The van der Waals surface area contributed by atoms with Gasteiger partial charge in [0.25, 0.3) is 0 Å². The van der Waals surface area contributed by atoms with Crippen LogP contribution < -0.4 is 9.79 Å². The number of rotatable bonds is 76. The molecule has 0 aliphatic heterocycles. The van der Waals surface area contributed by atoms with Gasteiger partial charge in [0.15, 0.2) is 0 Å². The first-order valence-corrected chi connectivity index (χ1v) is 45.4. The smallest absolute Gasteiger partial charge is 0.786 e. The van der Waals surface area contributed by atoms with Crippen LogP contribution in [0.3, 0.4) is 0 Å². The second kappa shape index (κ2) is 118. The number of aliphatic hydroxyl groups is 4. The Hall–Kier alpha value is 1.17. The minimum Gasteiger partial charge on any atom is -0.786 e. The molecule has 0 amide bonds. The van der Waals surface area contributed by atoms with Crippen LogP contribution in [-0.4, -0.2) is 73.3 Å². The molecule has 0 atom stereocenters. The molecule has 0 heterocycles. The van der Waals surface area contributed by atoms with Crippen LogP contribution >= 0.6 is 17.2 Å². The van der Waals surface area contributed by atoms with Crippen LogP contribution in [0.2, 0.25) is 0 Å². The van der Waals surface area contributed by atoms with Gasteiger partial charge in [-0.3, -0.25) is 0 Å². The molecule has 0 unspecified atom stereocenters. The van der Waals surface area contributed by atoms with Crippen molar-refractivity contribution in [1.82, 2.24) is 0 Å². The van der Waals surface area contributed by atoms with Crippen molar-refractivity contribution in [3.8, 4) is 0 Å². The predicted octanol–water partition coefficient (Wildman–Crippen LogP) is 27.8. The molecule has 0 aromatic carbocycles. The number of hydrogen-bond donors (Lipinski definition) is 4. The van der Waals surface area contributed by atoms with Crippen molar-refractivity contribution >= 4 is 17.2 Å². The van der Waals surface area contributed by atoms with Crippen LogP contribution in [0.5, 0.6) is 0 Å². The molecule has 0 aromatic rings. The van der Waals surface area contributed by atoms with E-state index in [2.05, 4.69) is 55.4 Å². The van der Waals surface area contributed by atoms with E-state index < -0.39 is 17.2 Å². The molecule has 97 heavy (non-hydrogen) atoms. The second-order valence-electron chi connectivity index (χ2n) is 27.9. The molecule has 10 nitrogen and oxygen atoms in total. The minimum atomic E-state index is -1.91. The first-order chi connectivity index (χ1) is 47.3. The SMILES string of the molecule is CCCCCCCCCCCCCOP([O-])OCCCCCCCCCCCCC.CCCCCCCCCCCCCOP([O-])OCCCCCCCCCCCCC.CCCCCCCCO.CCCCCCCCO.CCCCCCCCO.CCCCCCCCO.[Ti+2]. The summed E-state index contributed by atoms with van der Waals surface area (Å²) >= 11 is 0. The Morgan fingerprint density at radius 2 is 0.258 bits per heavy atom. The summed E-state index contributed by atoms with van der Waals surface area (Å²) in [5.41, 5.74) is 0. The largest absolute Gasteiger partial charge is 2.00 e. The van der Waals surface area contributed by atoms with Gasteiger partial charge < -0.3 is 48.3 Å². The van der Waals surface area contributed by atoms with E-state index in [0.717, 1.165) is 51.4 Å². The summed E-state index contributed by atoms with van der Waals surface area (Å²) in [6.45, 7) is 21.7. The van der Waals surface area contributed by atoms with Gasteiger partial charge in [-0.25, -0.2) is 0 Å². The molecule has 0 radical (unpaired) electrons. The van der Waals surface area contributed by atoms with E-state index in [9.17, 15) is 9.79 Å². The van der Waals surface area contributed by atoms with Crippen molar-refractivity contribution in [2.24, 2.45) is 0 Å². The van der Waals surface area contributed by atoms with Gasteiger partial charge in [-0.1, -0.05) is 441 Å². The maximum atomic E-state index is 11.7. The van der Waals surface area contributed by atoms with Crippen LogP contribution in [-0.2, 0) is 39.8 Å². The maximum Gasteiger partial charge on any atom is 2.00 e. The molecule has 13 heteroatoms. The van der Waals surface area contributed by atoms with Crippen LogP contribution in [0, 0.1) is 0 Å². The molecule has 0 saturated heterocycles. The van der Waals surface area contributed by atoms with Crippen LogP contribution in [0.25, 0.3) is 0 Å². The average Bonchev–Trinajstić information content (AvgIpc) is 3.73. The van der Waals surface area contributed by atoms with E-state index in [-0.39, 0.29) is 21.7 Å². The summed E-state index contributed by atoms with van der Waals surface area (Å²) in [6.07, 6.45) is 87.9. The molecule has 0 bridgehead atoms. The van der Waals surface area contributed by atoms with E-state index in [1.165, 1.54) is 385 Å². The van der Waals surface area contributed by atoms with Gasteiger partial charge in [-0.15, -0.1) is 0 Å². The third-order valence-corrected chi connectivity index (χ3v) is 19.4. The molecule has 0 aliphatic rings. The number of aliphatic hydroxyl groups excluding tert-OH is 4. The minimum absolute atomic E-state index is 0. The quantitative estimate of drug-likeness (QED) is 0.0262. The number of hydrogen-bond acceptors (Lipinski definition) is 10. The summed E-state index contributed by atoms with van der Waals surface area (Å²) in [7, 11) is -3.81. The van der Waals surface area contributed by atoms with E-state index in [1.54, 1.807) is 0 Å². The maximum absolute atomic E-state index is 11.7. The summed E-state index contributed by atoms with van der Waals surface area (Å²) in [4.78, 5) is 23.4. The van der Waals surface area contributed by atoms with Crippen molar-refractivity contribution in [3.63, 3.8) is 0 Å². The Balaban J connectivity index is -0.000000221. The first kappa shape index (κ1) is 112. The monoisotopic (exact) mass is 1460 g/mol. The van der Waals surface area contributed by atoms with Crippen molar-refractivity contribution in [2.75, 3.05) is 52.9 Å². The molecule has 0 rings (SSSR count). The molecule has 590 valence electrons. The van der Waals surface area contributed by atoms with Crippen LogP contribution in [0.1, 0.15) is 492 Å². The standard InChI is InChI=1S/2C26H54O3P.4C8H18O.Ti/c2*1-3-5-7-9-11-13-15-17-19-21-23-25-28-30(27)29-26-24-22-20-18-16-14-12-10-8-6-4-2;4*1-2-3-4-5-6-7-8-9;/h2*3-26H2,1-2H3;4*9H,2-8H2,1H3;/q2*-1;;;;;+2. The zero-order valence-corrected chi connectivity index (χ0v) is 70.7. The molecule has 4 N–H and O–H groups in total. The Labute approximate surface area is 628 Å². The van der Waals surface area contributed by atoms with Crippen molar-refractivity contribution < 1.29 is 70.0 Å². The fraction of sp³-hybridized carbons (Fsp3) is 1.00. The van der Waals surface area contributed by atoms with Crippen molar-refractivity contribution in [2.45, 2.75) is 492 Å².